The smallest absolute Gasteiger partial charge is 0.222 e. The Morgan fingerprint density at radius 1 is 1.41 bits per heavy atom. The van der Waals surface area contributed by atoms with E-state index >= 15 is 0 Å². The molecule has 1 aliphatic rings. The third kappa shape index (κ3) is 3.65. The van der Waals surface area contributed by atoms with E-state index in [9.17, 15) is 4.79 Å². The van der Waals surface area contributed by atoms with E-state index < -0.39 is 0 Å². The number of aromatic nitrogens is 1. The molecule has 1 unspecified atom stereocenters. The summed E-state index contributed by atoms with van der Waals surface area (Å²) in [7, 11) is 0. The average Bonchev–Trinajstić information content (AvgIpc) is 2.94. The molecule has 1 aliphatic heterocycles. The average molecular weight is 317 g/mol. The van der Waals surface area contributed by atoms with Gasteiger partial charge in [-0.15, -0.1) is 11.3 Å². The fourth-order valence-electron chi connectivity index (χ4n) is 2.93. The van der Waals surface area contributed by atoms with Crippen LogP contribution < -0.4 is 5.32 Å². The summed E-state index contributed by atoms with van der Waals surface area (Å²) in [6, 6.07) is 8.58. The lowest BCUT2D eigenvalue weighted by Gasteiger charge is -2.34. The van der Waals surface area contributed by atoms with Gasteiger partial charge >= 0.3 is 0 Å². The van der Waals surface area contributed by atoms with Crippen molar-refractivity contribution in [1.29, 1.82) is 0 Å². The zero-order valence-corrected chi connectivity index (χ0v) is 13.9. The number of aryl methyl sites for hydroxylation is 1. The van der Waals surface area contributed by atoms with Crippen LogP contribution >= 0.6 is 11.3 Å². The fraction of sp³-hybridized carbons (Fsp3) is 0.529. The molecule has 0 spiro atoms. The maximum atomic E-state index is 12.2. The quantitative estimate of drug-likeness (QED) is 0.863. The van der Waals surface area contributed by atoms with Crippen LogP contribution in [0.4, 0.5) is 0 Å². The topological polar surface area (TPSA) is 45.2 Å². The largest absolute Gasteiger partial charge is 0.337 e. The van der Waals surface area contributed by atoms with Crippen LogP contribution in [-0.4, -0.2) is 41.5 Å². The first-order valence-corrected chi connectivity index (χ1v) is 8.90. The number of nitrogens with zero attached hydrogens (tertiary/aromatic N) is 2. The number of amides is 1. The van der Waals surface area contributed by atoms with Gasteiger partial charge in [0.1, 0.15) is 0 Å². The van der Waals surface area contributed by atoms with Gasteiger partial charge in [0.2, 0.25) is 5.91 Å². The van der Waals surface area contributed by atoms with E-state index in [0.717, 1.165) is 44.4 Å². The molecule has 3 rings (SSSR count). The Morgan fingerprint density at radius 2 is 2.27 bits per heavy atom. The molecule has 0 aliphatic carbocycles. The lowest BCUT2D eigenvalue weighted by molar-refractivity contribution is -0.134. The summed E-state index contributed by atoms with van der Waals surface area (Å²) < 4.78 is 1.25. The number of nitrogens with one attached hydrogen (secondary N) is 1. The molecular formula is C17H23N3OS. The zero-order chi connectivity index (χ0) is 15.4. The van der Waals surface area contributed by atoms with E-state index in [0.29, 0.717) is 18.4 Å². The SMILES string of the molecule is CC1CNCCN1C(=O)CCCCc1nc2ccccc2s1. The Kier molecular flexibility index (Phi) is 5.05. The molecular weight excluding hydrogens is 294 g/mol. The lowest BCUT2D eigenvalue weighted by Crippen LogP contribution is -2.52. The first kappa shape index (κ1) is 15.4. The van der Waals surface area contributed by atoms with Gasteiger partial charge in [-0.1, -0.05) is 12.1 Å². The van der Waals surface area contributed by atoms with Gasteiger partial charge in [0.05, 0.1) is 15.2 Å². The monoisotopic (exact) mass is 317 g/mol. The molecule has 0 radical (unpaired) electrons. The van der Waals surface area contributed by atoms with E-state index in [4.69, 9.17) is 0 Å². The van der Waals surface area contributed by atoms with Crippen LogP contribution in [0, 0.1) is 0 Å². The molecule has 2 heterocycles. The maximum Gasteiger partial charge on any atom is 0.222 e. The predicted octanol–water partition coefficient (Wildman–Crippen LogP) is 2.83. The number of rotatable bonds is 5. The standard InChI is InChI=1S/C17H23N3OS/c1-13-12-18-10-11-20(13)17(21)9-5-4-8-16-19-14-6-2-3-7-15(14)22-16/h2-3,6-7,13,18H,4-5,8-12H2,1H3. The molecule has 0 saturated carbocycles. The van der Waals surface area contributed by atoms with Gasteiger partial charge in [0.25, 0.3) is 0 Å². The highest BCUT2D eigenvalue weighted by Gasteiger charge is 2.22. The minimum atomic E-state index is 0.304. The molecule has 1 fully saturated rings. The van der Waals surface area contributed by atoms with Crippen LogP contribution in [0.5, 0.6) is 0 Å². The van der Waals surface area contributed by atoms with Gasteiger partial charge in [-0.2, -0.15) is 0 Å². The molecule has 0 bridgehead atoms. The molecule has 1 aromatic carbocycles. The minimum Gasteiger partial charge on any atom is -0.337 e. The molecule has 2 aromatic rings. The van der Waals surface area contributed by atoms with Gasteiger partial charge in [-0.05, 0) is 38.3 Å². The lowest BCUT2D eigenvalue weighted by atomic mass is 10.1. The van der Waals surface area contributed by atoms with Crippen molar-refractivity contribution in [3.63, 3.8) is 0 Å². The Hall–Kier alpha value is -1.46. The number of thiazole rings is 1. The summed E-state index contributed by atoms with van der Waals surface area (Å²) in [6.07, 6.45) is 3.62. The maximum absolute atomic E-state index is 12.2. The summed E-state index contributed by atoms with van der Waals surface area (Å²) in [4.78, 5) is 18.9. The third-order valence-corrected chi connectivity index (χ3v) is 5.29. The number of carbonyl (C=O) groups excluding carboxylic acids is 1. The highest BCUT2D eigenvalue weighted by Crippen LogP contribution is 2.23. The van der Waals surface area contributed by atoms with Crippen molar-refractivity contribution in [2.75, 3.05) is 19.6 Å². The Morgan fingerprint density at radius 3 is 3.09 bits per heavy atom. The van der Waals surface area contributed by atoms with E-state index in [1.165, 1.54) is 9.71 Å². The van der Waals surface area contributed by atoms with Crippen molar-refractivity contribution < 1.29 is 4.79 Å². The van der Waals surface area contributed by atoms with Crippen molar-refractivity contribution in [2.24, 2.45) is 0 Å². The number of carbonyl (C=O) groups is 1. The highest BCUT2D eigenvalue weighted by atomic mass is 32.1. The third-order valence-electron chi connectivity index (χ3n) is 4.19. The van der Waals surface area contributed by atoms with E-state index in [1.807, 2.05) is 11.0 Å². The van der Waals surface area contributed by atoms with Crippen LogP contribution in [0.15, 0.2) is 24.3 Å². The second-order valence-electron chi connectivity index (χ2n) is 5.92. The summed E-state index contributed by atoms with van der Waals surface area (Å²) in [5.74, 6) is 0.304. The van der Waals surface area contributed by atoms with E-state index in [1.54, 1.807) is 11.3 Å². The normalized spacial score (nSPS) is 18.8. The Bertz CT molecular complexity index is 607. The molecule has 4 nitrogen and oxygen atoms in total. The molecule has 1 N–H and O–H groups in total. The van der Waals surface area contributed by atoms with Crippen LogP contribution in [0.3, 0.4) is 0 Å². The summed E-state index contributed by atoms with van der Waals surface area (Å²) in [5.41, 5.74) is 1.09. The van der Waals surface area contributed by atoms with Crippen LogP contribution in [0.2, 0.25) is 0 Å². The minimum absolute atomic E-state index is 0.304. The summed E-state index contributed by atoms with van der Waals surface area (Å²) in [6.45, 7) is 4.79. The van der Waals surface area contributed by atoms with Gasteiger partial charge in [-0.25, -0.2) is 4.98 Å². The van der Waals surface area contributed by atoms with Crippen molar-refractivity contribution in [3.8, 4) is 0 Å². The Balaban J connectivity index is 1.44. The molecule has 1 amide bonds. The van der Waals surface area contributed by atoms with Crippen molar-refractivity contribution in [3.05, 3.63) is 29.3 Å². The van der Waals surface area contributed by atoms with E-state index in [-0.39, 0.29) is 0 Å². The number of hydrogen-bond acceptors (Lipinski definition) is 4. The number of para-hydroxylation sites is 1. The molecule has 22 heavy (non-hydrogen) atoms. The van der Waals surface area contributed by atoms with Crippen molar-refractivity contribution >= 4 is 27.5 Å². The number of unbranched alkanes of at least 4 members (excludes halogenated alkanes) is 1. The first-order chi connectivity index (χ1) is 10.7. The summed E-state index contributed by atoms with van der Waals surface area (Å²) >= 11 is 1.77. The second kappa shape index (κ2) is 7.20. The van der Waals surface area contributed by atoms with Crippen LogP contribution in [-0.2, 0) is 11.2 Å². The summed E-state index contributed by atoms with van der Waals surface area (Å²) in [5, 5.41) is 4.50. The first-order valence-electron chi connectivity index (χ1n) is 8.08. The van der Waals surface area contributed by atoms with Crippen LogP contribution in [0.25, 0.3) is 10.2 Å². The van der Waals surface area contributed by atoms with Gasteiger partial charge in [0.15, 0.2) is 0 Å². The molecule has 1 saturated heterocycles. The number of fused-ring (bicyclic) bond motifs is 1. The fourth-order valence-corrected chi connectivity index (χ4v) is 3.94. The Labute approximate surface area is 135 Å². The van der Waals surface area contributed by atoms with Gasteiger partial charge in [0, 0.05) is 32.1 Å². The van der Waals surface area contributed by atoms with Crippen molar-refractivity contribution in [1.82, 2.24) is 15.2 Å². The highest BCUT2D eigenvalue weighted by molar-refractivity contribution is 7.18. The molecule has 1 aromatic heterocycles. The van der Waals surface area contributed by atoms with Gasteiger partial charge in [-0.3, -0.25) is 4.79 Å². The zero-order valence-electron chi connectivity index (χ0n) is 13.0. The predicted molar refractivity (Wildman–Crippen MR) is 91.2 cm³/mol. The van der Waals surface area contributed by atoms with Crippen LogP contribution in [0.1, 0.15) is 31.2 Å². The molecule has 1 atom stereocenters. The van der Waals surface area contributed by atoms with Crippen molar-refractivity contribution in [2.45, 2.75) is 38.6 Å². The second-order valence-corrected chi connectivity index (χ2v) is 7.04. The van der Waals surface area contributed by atoms with Gasteiger partial charge < -0.3 is 10.2 Å². The molecule has 118 valence electrons. The van der Waals surface area contributed by atoms with E-state index in [2.05, 4.69) is 35.4 Å². The number of piperazine rings is 1. The number of benzene rings is 1. The molecule has 5 heteroatoms. The number of hydrogen-bond donors (Lipinski definition) is 1.